The van der Waals surface area contributed by atoms with Crippen LogP contribution in [0.1, 0.15) is 20.3 Å². The molecule has 4 nitrogen and oxygen atoms in total. The van der Waals surface area contributed by atoms with Gasteiger partial charge in [0.05, 0.1) is 0 Å². The molecule has 0 saturated carbocycles. The van der Waals surface area contributed by atoms with E-state index >= 15 is 0 Å². The minimum Gasteiger partial charge on any atom is -0.491 e. The smallest absolute Gasteiger partial charge is 0.327 e. The van der Waals surface area contributed by atoms with Crippen molar-refractivity contribution >= 4 is 5.97 Å². The van der Waals surface area contributed by atoms with Gasteiger partial charge in [-0.15, -0.1) is 0 Å². The monoisotopic (exact) mass is 237 g/mol. The normalized spacial score (nSPS) is 14.0. The molecular formula is C13H19NO3. The second-order valence-corrected chi connectivity index (χ2v) is 4.17. The van der Waals surface area contributed by atoms with E-state index in [-0.39, 0.29) is 6.61 Å². The molecule has 0 aliphatic carbocycles. The van der Waals surface area contributed by atoms with E-state index in [1.807, 2.05) is 37.3 Å². The molecule has 1 rings (SSSR count). The van der Waals surface area contributed by atoms with Gasteiger partial charge in [-0.25, -0.2) is 0 Å². The first kappa shape index (κ1) is 13.5. The Morgan fingerprint density at radius 3 is 2.59 bits per heavy atom. The SMILES string of the molecule is CCCNC(C)(COc1ccccc1)C(=O)O. The number of rotatable bonds is 7. The third-order valence-electron chi connectivity index (χ3n) is 2.51. The van der Waals surface area contributed by atoms with Gasteiger partial charge in [0.25, 0.3) is 0 Å². The summed E-state index contributed by atoms with van der Waals surface area (Å²) >= 11 is 0. The van der Waals surface area contributed by atoms with Crippen molar-refractivity contribution in [2.75, 3.05) is 13.2 Å². The van der Waals surface area contributed by atoms with Gasteiger partial charge in [-0.1, -0.05) is 25.1 Å². The van der Waals surface area contributed by atoms with E-state index in [2.05, 4.69) is 5.32 Å². The minimum absolute atomic E-state index is 0.104. The molecule has 94 valence electrons. The van der Waals surface area contributed by atoms with Gasteiger partial charge >= 0.3 is 5.97 Å². The topological polar surface area (TPSA) is 58.6 Å². The molecule has 0 radical (unpaired) electrons. The maximum Gasteiger partial charge on any atom is 0.327 e. The van der Waals surface area contributed by atoms with Crippen LogP contribution in [0.4, 0.5) is 0 Å². The molecule has 0 saturated heterocycles. The van der Waals surface area contributed by atoms with Crippen LogP contribution in [0, 0.1) is 0 Å². The predicted molar refractivity (Wildman–Crippen MR) is 66.3 cm³/mol. The Kier molecular flexibility index (Phi) is 4.97. The number of hydrogen-bond acceptors (Lipinski definition) is 3. The van der Waals surface area contributed by atoms with Crippen molar-refractivity contribution in [2.45, 2.75) is 25.8 Å². The Morgan fingerprint density at radius 1 is 1.41 bits per heavy atom. The highest BCUT2D eigenvalue weighted by molar-refractivity contribution is 5.78. The maximum atomic E-state index is 11.2. The molecule has 1 aromatic carbocycles. The van der Waals surface area contributed by atoms with E-state index in [1.165, 1.54) is 0 Å². The maximum absolute atomic E-state index is 11.2. The average molecular weight is 237 g/mol. The fourth-order valence-electron chi connectivity index (χ4n) is 1.33. The number of carbonyl (C=O) groups is 1. The van der Waals surface area contributed by atoms with E-state index in [1.54, 1.807) is 6.92 Å². The molecule has 0 amide bonds. The summed E-state index contributed by atoms with van der Waals surface area (Å²) in [4.78, 5) is 11.2. The van der Waals surface area contributed by atoms with Crippen LogP contribution in [0.5, 0.6) is 5.75 Å². The van der Waals surface area contributed by atoms with Gasteiger partial charge in [-0.2, -0.15) is 0 Å². The fourth-order valence-corrected chi connectivity index (χ4v) is 1.33. The summed E-state index contributed by atoms with van der Waals surface area (Å²) in [5.74, 6) is -0.222. The van der Waals surface area contributed by atoms with Gasteiger partial charge in [0.2, 0.25) is 0 Å². The first-order valence-electron chi connectivity index (χ1n) is 5.75. The lowest BCUT2D eigenvalue weighted by Gasteiger charge is -2.26. The van der Waals surface area contributed by atoms with E-state index in [0.29, 0.717) is 12.3 Å². The summed E-state index contributed by atoms with van der Waals surface area (Å²) in [6, 6.07) is 9.21. The van der Waals surface area contributed by atoms with Crippen LogP contribution in [-0.2, 0) is 4.79 Å². The molecule has 0 spiro atoms. The van der Waals surface area contributed by atoms with Crippen LogP contribution >= 0.6 is 0 Å². The molecule has 1 aromatic rings. The third-order valence-corrected chi connectivity index (χ3v) is 2.51. The van der Waals surface area contributed by atoms with Crippen molar-refractivity contribution in [1.29, 1.82) is 0 Å². The largest absolute Gasteiger partial charge is 0.491 e. The van der Waals surface area contributed by atoms with Crippen LogP contribution in [0.15, 0.2) is 30.3 Å². The molecule has 4 heteroatoms. The van der Waals surface area contributed by atoms with Crippen LogP contribution < -0.4 is 10.1 Å². The highest BCUT2D eigenvalue weighted by Crippen LogP contribution is 2.12. The van der Waals surface area contributed by atoms with E-state index in [9.17, 15) is 9.90 Å². The molecule has 0 fully saturated rings. The van der Waals surface area contributed by atoms with Crippen LogP contribution in [0.3, 0.4) is 0 Å². The standard InChI is InChI=1S/C13H19NO3/c1-3-9-14-13(2,12(15)16)10-17-11-7-5-4-6-8-11/h4-8,14H,3,9-10H2,1-2H3,(H,15,16). The van der Waals surface area contributed by atoms with E-state index in [0.717, 1.165) is 6.42 Å². The molecule has 0 aromatic heterocycles. The molecule has 0 aliphatic rings. The highest BCUT2D eigenvalue weighted by atomic mass is 16.5. The van der Waals surface area contributed by atoms with Gasteiger partial charge < -0.3 is 9.84 Å². The molecule has 0 bridgehead atoms. The summed E-state index contributed by atoms with van der Waals surface area (Å²) in [6.45, 7) is 4.38. The second kappa shape index (κ2) is 6.25. The fraction of sp³-hybridized carbons (Fsp3) is 0.462. The first-order valence-corrected chi connectivity index (χ1v) is 5.75. The van der Waals surface area contributed by atoms with Crippen molar-refractivity contribution in [3.8, 4) is 5.75 Å². The Bertz CT molecular complexity index is 353. The molecule has 1 atom stereocenters. The van der Waals surface area contributed by atoms with Gasteiger partial charge in [-0.3, -0.25) is 10.1 Å². The van der Waals surface area contributed by atoms with E-state index in [4.69, 9.17) is 4.74 Å². The summed E-state index contributed by atoms with van der Waals surface area (Å²) in [5.41, 5.74) is -1.05. The van der Waals surface area contributed by atoms with Crippen molar-refractivity contribution in [2.24, 2.45) is 0 Å². The molecule has 1 unspecified atom stereocenters. The number of ether oxygens (including phenoxy) is 1. The number of carboxylic acids is 1. The Morgan fingerprint density at radius 2 is 2.06 bits per heavy atom. The summed E-state index contributed by atoms with van der Waals surface area (Å²) in [7, 11) is 0. The van der Waals surface area contributed by atoms with Crippen molar-refractivity contribution in [3.05, 3.63) is 30.3 Å². The number of aliphatic carboxylic acids is 1. The van der Waals surface area contributed by atoms with Gasteiger partial charge in [0.1, 0.15) is 17.9 Å². The third kappa shape index (κ3) is 4.07. The first-order chi connectivity index (χ1) is 8.08. The highest BCUT2D eigenvalue weighted by Gasteiger charge is 2.33. The molecule has 0 aliphatic heterocycles. The zero-order chi connectivity index (χ0) is 12.7. The van der Waals surface area contributed by atoms with Gasteiger partial charge in [0.15, 0.2) is 0 Å². The quantitative estimate of drug-likeness (QED) is 0.760. The number of carboxylic acid groups (broad SMARTS) is 1. The van der Waals surface area contributed by atoms with Crippen molar-refractivity contribution < 1.29 is 14.6 Å². The number of para-hydroxylation sites is 1. The van der Waals surface area contributed by atoms with E-state index < -0.39 is 11.5 Å². The van der Waals surface area contributed by atoms with Crippen molar-refractivity contribution in [1.82, 2.24) is 5.32 Å². The summed E-state index contributed by atoms with van der Waals surface area (Å²) in [6.07, 6.45) is 0.883. The number of benzene rings is 1. The Hall–Kier alpha value is -1.55. The molecule has 17 heavy (non-hydrogen) atoms. The van der Waals surface area contributed by atoms with Gasteiger partial charge in [-0.05, 0) is 32.0 Å². The lowest BCUT2D eigenvalue weighted by atomic mass is 10.0. The molecule has 2 N–H and O–H groups in total. The van der Waals surface area contributed by atoms with Gasteiger partial charge in [0, 0.05) is 0 Å². The zero-order valence-electron chi connectivity index (χ0n) is 10.3. The lowest BCUT2D eigenvalue weighted by molar-refractivity contribution is -0.145. The van der Waals surface area contributed by atoms with Crippen LogP contribution in [-0.4, -0.2) is 29.8 Å². The minimum atomic E-state index is -1.05. The zero-order valence-corrected chi connectivity index (χ0v) is 10.3. The summed E-state index contributed by atoms with van der Waals surface area (Å²) < 4.78 is 5.49. The molecule has 0 heterocycles. The van der Waals surface area contributed by atoms with Crippen LogP contribution in [0.25, 0.3) is 0 Å². The lowest BCUT2D eigenvalue weighted by Crippen LogP contribution is -2.54. The van der Waals surface area contributed by atoms with Crippen LogP contribution in [0.2, 0.25) is 0 Å². The average Bonchev–Trinajstić information content (AvgIpc) is 2.35. The second-order valence-electron chi connectivity index (χ2n) is 4.17. The molecular weight excluding hydrogens is 218 g/mol. The van der Waals surface area contributed by atoms with Crippen molar-refractivity contribution in [3.63, 3.8) is 0 Å². The Balaban J connectivity index is 2.58. The summed E-state index contributed by atoms with van der Waals surface area (Å²) in [5, 5.41) is 12.2. The number of hydrogen-bond donors (Lipinski definition) is 2. The Labute approximate surface area is 102 Å². The number of nitrogens with one attached hydrogen (secondary N) is 1. The predicted octanol–water partition coefficient (Wildman–Crippen LogP) is 1.91.